The molecule has 3 saturated heterocycles. The first-order chi connectivity index (χ1) is 13.2. The lowest BCUT2D eigenvalue weighted by atomic mass is 10.0. The Morgan fingerprint density at radius 3 is 2.59 bits per heavy atom. The molecule has 1 atom stereocenters. The van der Waals surface area contributed by atoms with Gasteiger partial charge in [-0.15, -0.1) is 0 Å². The fourth-order valence-corrected chi connectivity index (χ4v) is 4.07. The van der Waals surface area contributed by atoms with E-state index in [0.717, 1.165) is 65.2 Å². The minimum atomic E-state index is -0.183. The number of hydrogen-bond donors (Lipinski definition) is 1. The fraction of sp³-hybridized carbons (Fsp3) is 0.895. The molecule has 2 N–H and O–H groups in total. The van der Waals surface area contributed by atoms with E-state index < -0.39 is 0 Å². The normalized spacial score (nSPS) is 25.4. The van der Waals surface area contributed by atoms with E-state index in [1.54, 1.807) is 0 Å². The zero-order chi connectivity index (χ0) is 19.1. The summed E-state index contributed by atoms with van der Waals surface area (Å²) in [6, 6.07) is 0. The molecule has 8 heteroatoms. The van der Waals surface area contributed by atoms with Gasteiger partial charge in [0.05, 0.1) is 25.2 Å². The number of nitrogens with zero attached hydrogens (tertiary/aromatic N) is 3. The average Bonchev–Trinajstić information content (AvgIpc) is 3.08. The van der Waals surface area contributed by atoms with Gasteiger partial charge in [-0.25, -0.2) is 0 Å². The minimum Gasteiger partial charge on any atom is -0.379 e. The molecule has 8 nitrogen and oxygen atoms in total. The topological polar surface area (TPSA) is 88.3 Å². The number of carbonyl (C=O) groups is 2. The second-order valence-corrected chi connectivity index (χ2v) is 7.73. The molecular weight excluding hydrogens is 348 g/mol. The highest BCUT2D eigenvalue weighted by molar-refractivity contribution is 5.89. The lowest BCUT2D eigenvalue weighted by Gasteiger charge is -2.33. The van der Waals surface area contributed by atoms with Crippen LogP contribution in [-0.2, 0) is 19.1 Å². The summed E-state index contributed by atoms with van der Waals surface area (Å²) in [7, 11) is 0. The van der Waals surface area contributed by atoms with Crippen LogP contribution in [0.1, 0.15) is 25.7 Å². The van der Waals surface area contributed by atoms with E-state index in [2.05, 4.69) is 4.90 Å². The lowest BCUT2D eigenvalue weighted by Crippen LogP contribution is -2.45. The van der Waals surface area contributed by atoms with Gasteiger partial charge in [0.2, 0.25) is 11.8 Å². The van der Waals surface area contributed by atoms with Crippen molar-refractivity contribution in [2.24, 2.45) is 11.7 Å². The molecule has 27 heavy (non-hydrogen) atoms. The van der Waals surface area contributed by atoms with Crippen LogP contribution in [0, 0.1) is 5.92 Å². The van der Waals surface area contributed by atoms with E-state index in [0.29, 0.717) is 32.7 Å². The highest BCUT2D eigenvalue weighted by atomic mass is 16.5. The van der Waals surface area contributed by atoms with E-state index >= 15 is 0 Å². The van der Waals surface area contributed by atoms with Crippen LogP contribution in [0.2, 0.25) is 0 Å². The Bertz CT molecular complexity index is 490. The zero-order valence-electron chi connectivity index (χ0n) is 16.3. The SMILES string of the molecule is NCCCOC1CCN(C(=O)C2CC(=O)N(CCN3CCOCC3)C2)CC1. The van der Waals surface area contributed by atoms with Crippen molar-refractivity contribution >= 4 is 11.8 Å². The summed E-state index contributed by atoms with van der Waals surface area (Å²) in [5.41, 5.74) is 5.49. The van der Waals surface area contributed by atoms with Crippen molar-refractivity contribution in [3.8, 4) is 0 Å². The number of piperidine rings is 1. The summed E-state index contributed by atoms with van der Waals surface area (Å²) >= 11 is 0. The molecule has 3 heterocycles. The van der Waals surface area contributed by atoms with E-state index in [1.807, 2.05) is 9.80 Å². The Labute approximate surface area is 161 Å². The predicted octanol–water partition coefficient (Wildman–Crippen LogP) is -0.476. The van der Waals surface area contributed by atoms with Gasteiger partial charge < -0.3 is 25.0 Å². The maximum Gasteiger partial charge on any atom is 0.227 e. The molecule has 0 saturated carbocycles. The van der Waals surface area contributed by atoms with Gasteiger partial charge in [0.25, 0.3) is 0 Å². The van der Waals surface area contributed by atoms with Crippen molar-refractivity contribution < 1.29 is 19.1 Å². The predicted molar refractivity (Wildman–Crippen MR) is 101 cm³/mol. The fourth-order valence-electron chi connectivity index (χ4n) is 4.07. The first kappa shape index (κ1) is 20.5. The monoisotopic (exact) mass is 382 g/mol. The number of ether oxygens (including phenoxy) is 2. The maximum absolute atomic E-state index is 12.8. The second-order valence-electron chi connectivity index (χ2n) is 7.73. The lowest BCUT2D eigenvalue weighted by molar-refractivity contribution is -0.138. The van der Waals surface area contributed by atoms with E-state index in [-0.39, 0.29) is 23.8 Å². The molecule has 0 radical (unpaired) electrons. The van der Waals surface area contributed by atoms with Gasteiger partial charge >= 0.3 is 0 Å². The van der Waals surface area contributed by atoms with Gasteiger partial charge in [0.15, 0.2) is 0 Å². The van der Waals surface area contributed by atoms with E-state index in [4.69, 9.17) is 15.2 Å². The molecule has 154 valence electrons. The Hall–Kier alpha value is -1.22. The Kier molecular flexibility index (Phi) is 7.87. The van der Waals surface area contributed by atoms with Crippen molar-refractivity contribution in [3.63, 3.8) is 0 Å². The number of hydrogen-bond acceptors (Lipinski definition) is 6. The van der Waals surface area contributed by atoms with Crippen LogP contribution in [0.5, 0.6) is 0 Å². The summed E-state index contributed by atoms with van der Waals surface area (Å²) in [5.74, 6) is 0.0659. The highest BCUT2D eigenvalue weighted by Gasteiger charge is 2.37. The quantitative estimate of drug-likeness (QED) is 0.571. The summed E-state index contributed by atoms with van der Waals surface area (Å²) in [5, 5.41) is 0. The zero-order valence-corrected chi connectivity index (χ0v) is 16.3. The highest BCUT2D eigenvalue weighted by Crippen LogP contribution is 2.23. The van der Waals surface area contributed by atoms with Gasteiger partial charge in [-0.2, -0.15) is 0 Å². The molecule has 0 spiro atoms. The summed E-state index contributed by atoms with van der Waals surface area (Å²) in [6.07, 6.45) is 3.21. The number of morpholine rings is 1. The molecule has 3 rings (SSSR count). The Morgan fingerprint density at radius 2 is 1.89 bits per heavy atom. The van der Waals surface area contributed by atoms with E-state index in [1.165, 1.54) is 0 Å². The van der Waals surface area contributed by atoms with Crippen LogP contribution in [0.25, 0.3) is 0 Å². The molecule has 0 aromatic carbocycles. The summed E-state index contributed by atoms with van der Waals surface area (Å²) < 4.78 is 11.2. The number of rotatable bonds is 8. The molecule has 2 amide bonds. The van der Waals surface area contributed by atoms with Crippen LogP contribution < -0.4 is 5.73 Å². The van der Waals surface area contributed by atoms with Gasteiger partial charge in [0.1, 0.15) is 0 Å². The third kappa shape index (κ3) is 5.88. The molecule has 1 unspecified atom stereocenters. The van der Waals surface area contributed by atoms with Crippen LogP contribution >= 0.6 is 0 Å². The number of carbonyl (C=O) groups excluding carboxylic acids is 2. The van der Waals surface area contributed by atoms with Crippen LogP contribution in [0.4, 0.5) is 0 Å². The van der Waals surface area contributed by atoms with Crippen molar-refractivity contribution in [2.45, 2.75) is 31.8 Å². The number of likely N-dealkylation sites (tertiary alicyclic amines) is 2. The smallest absolute Gasteiger partial charge is 0.227 e. The van der Waals surface area contributed by atoms with Crippen molar-refractivity contribution in [3.05, 3.63) is 0 Å². The first-order valence-electron chi connectivity index (χ1n) is 10.4. The largest absolute Gasteiger partial charge is 0.379 e. The van der Waals surface area contributed by atoms with Crippen molar-refractivity contribution in [1.82, 2.24) is 14.7 Å². The molecule has 0 aromatic heterocycles. The third-order valence-corrected chi connectivity index (χ3v) is 5.81. The van der Waals surface area contributed by atoms with Crippen LogP contribution in [0.3, 0.4) is 0 Å². The molecule has 3 aliphatic heterocycles. The number of nitrogens with two attached hydrogens (primary N) is 1. The van der Waals surface area contributed by atoms with Gasteiger partial charge in [-0.3, -0.25) is 14.5 Å². The molecule has 0 aliphatic carbocycles. The molecule has 0 aromatic rings. The van der Waals surface area contributed by atoms with E-state index in [9.17, 15) is 9.59 Å². The summed E-state index contributed by atoms with van der Waals surface area (Å²) in [4.78, 5) is 31.3. The second kappa shape index (κ2) is 10.4. The molecule has 3 fully saturated rings. The standard InChI is InChI=1S/C19H34N4O4/c20-4-1-11-27-17-2-5-22(6-3-17)19(25)16-14-18(24)23(15-16)8-7-21-9-12-26-13-10-21/h16-17H,1-15,20H2. The van der Waals surface area contributed by atoms with Crippen molar-refractivity contribution in [2.75, 3.05) is 72.2 Å². The first-order valence-corrected chi connectivity index (χ1v) is 10.4. The van der Waals surface area contributed by atoms with Gasteiger partial charge in [-0.1, -0.05) is 0 Å². The third-order valence-electron chi connectivity index (χ3n) is 5.81. The summed E-state index contributed by atoms with van der Waals surface area (Å²) in [6.45, 7) is 8.31. The minimum absolute atomic E-state index is 0.113. The average molecular weight is 383 g/mol. The van der Waals surface area contributed by atoms with Crippen molar-refractivity contribution in [1.29, 1.82) is 0 Å². The number of amides is 2. The molecular formula is C19H34N4O4. The van der Waals surface area contributed by atoms with Gasteiger partial charge in [-0.05, 0) is 25.8 Å². The van der Waals surface area contributed by atoms with Crippen LogP contribution in [-0.4, -0.2) is 105 Å². The Morgan fingerprint density at radius 1 is 1.15 bits per heavy atom. The molecule has 3 aliphatic rings. The van der Waals surface area contributed by atoms with Gasteiger partial charge in [0, 0.05) is 58.8 Å². The van der Waals surface area contributed by atoms with Crippen LogP contribution in [0.15, 0.2) is 0 Å². The maximum atomic E-state index is 12.8. The molecule has 0 bridgehead atoms. The Balaban J connectivity index is 1.38.